The highest BCUT2D eigenvalue weighted by atomic mass is 79.9. The number of aromatic nitrogens is 1. The molecule has 0 radical (unpaired) electrons. The van der Waals surface area contributed by atoms with Crippen LogP contribution in [0.25, 0.3) is 0 Å². The standard InChI is InChI=1S/C15H12BrF2NO3/c1-15(17,18)12-11(16)8-10(14(20)21-2)13(19-12)22-9-6-4-3-5-7-9/h3-8H,1-2H3. The SMILES string of the molecule is COC(=O)c1cc(Br)c(C(C)(F)F)nc1Oc1ccccc1. The van der Waals surface area contributed by atoms with Crippen molar-refractivity contribution in [1.82, 2.24) is 4.98 Å². The molecule has 0 aliphatic heterocycles. The molecule has 0 bridgehead atoms. The van der Waals surface area contributed by atoms with Crippen molar-refractivity contribution in [2.24, 2.45) is 0 Å². The normalized spacial score (nSPS) is 11.1. The third-order valence-corrected chi connectivity index (χ3v) is 3.32. The first-order valence-corrected chi connectivity index (χ1v) is 7.02. The Morgan fingerprint density at radius 2 is 1.91 bits per heavy atom. The van der Waals surface area contributed by atoms with Gasteiger partial charge in [0.25, 0.3) is 5.92 Å². The summed E-state index contributed by atoms with van der Waals surface area (Å²) >= 11 is 2.99. The Kier molecular flexibility index (Phi) is 4.75. The summed E-state index contributed by atoms with van der Waals surface area (Å²) in [5, 5.41) is 0. The van der Waals surface area contributed by atoms with E-state index in [0.717, 1.165) is 0 Å². The van der Waals surface area contributed by atoms with Crippen LogP contribution in [-0.4, -0.2) is 18.1 Å². The number of methoxy groups -OCH3 is 1. The summed E-state index contributed by atoms with van der Waals surface area (Å²) < 4.78 is 37.3. The second-order valence-corrected chi connectivity index (χ2v) is 5.32. The third-order valence-electron chi connectivity index (χ3n) is 2.72. The molecule has 2 aromatic rings. The lowest BCUT2D eigenvalue weighted by Crippen LogP contribution is -2.14. The van der Waals surface area contributed by atoms with E-state index >= 15 is 0 Å². The van der Waals surface area contributed by atoms with Gasteiger partial charge in [-0.25, -0.2) is 9.78 Å². The van der Waals surface area contributed by atoms with Crippen molar-refractivity contribution in [2.75, 3.05) is 7.11 Å². The minimum absolute atomic E-state index is 0.000752. The number of rotatable bonds is 4. The maximum absolute atomic E-state index is 13.6. The fourth-order valence-electron chi connectivity index (χ4n) is 1.71. The molecule has 0 N–H and O–H groups in total. The van der Waals surface area contributed by atoms with Crippen LogP contribution in [0.15, 0.2) is 40.9 Å². The number of nitrogens with zero attached hydrogens (tertiary/aromatic N) is 1. The van der Waals surface area contributed by atoms with Gasteiger partial charge in [-0.2, -0.15) is 8.78 Å². The van der Waals surface area contributed by atoms with Crippen LogP contribution in [0.4, 0.5) is 8.78 Å². The number of pyridine rings is 1. The van der Waals surface area contributed by atoms with E-state index in [1.807, 2.05) is 0 Å². The zero-order chi connectivity index (χ0) is 16.3. The predicted octanol–water partition coefficient (Wildman–Crippen LogP) is 4.53. The zero-order valence-electron chi connectivity index (χ0n) is 11.8. The van der Waals surface area contributed by atoms with Gasteiger partial charge in [-0.1, -0.05) is 18.2 Å². The van der Waals surface area contributed by atoms with Gasteiger partial charge in [-0.15, -0.1) is 0 Å². The van der Waals surface area contributed by atoms with Crippen molar-refractivity contribution in [3.63, 3.8) is 0 Å². The number of alkyl halides is 2. The highest BCUT2D eigenvalue weighted by molar-refractivity contribution is 9.10. The molecule has 1 aromatic carbocycles. The Hall–Kier alpha value is -2.02. The van der Waals surface area contributed by atoms with Gasteiger partial charge in [-0.3, -0.25) is 0 Å². The first-order valence-electron chi connectivity index (χ1n) is 6.23. The average Bonchev–Trinajstić information content (AvgIpc) is 2.47. The number of hydrogen-bond acceptors (Lipinski definition) is 4. The summed E-state index contributed by atoms with van der Waals surface area (Å²) in [6.07, 6.45) is 0. The van der Waals surface area contributed by atoms with Crippen LogP contribution in [0.5, 0.6) is 11.6 Å². The average molecular weight is 372 g/mol. The molecule has 7 heteroatoms. The maximum atomic E-state index is 13.6. The third kappa shape index (κ3) is 3.59. The van der Waals surface area contributed by atoms with E-state index in [4.69, 9.17) is 4.74 Å². The molecule has 0 saturated heterocycles. The van der Waals surface area contributed by atoms with Crippen molar-refractivity contribution >= 4 is 21.9 Å². The van der Waals surface area contributed by atoms with Crippen molar-refractivity contribution in [2.45, 2.75) is 12.8 Å². The zero-order valence-corrected chi connectivity index (χ0v) is 13.4. The summed E-state index contributed by atoms with van der Waals surface area (Å²) in [7, 11) is 1.19. The number of halogens is 3. The van der Waals surface area contributed by atoms with E-state index in [9.17, 15) is 13.6 Å². The minimum atomic E-state index is -3.19. The van der Waals surface area contributed by atoms with Gasteiger partial charge in [0.2, 0.25) is 5.88 Å². The summed E-state index contributed by atoms with van der Waals surface area (Å²) in [6.45, 7) is 0.713. The van der Waals surface area contributed by atoms with Crippen LogP contribution >= 0.6 is 15.9 Å². The van der Waals surface area contributed by atoms with E-state index in [-0.39, 0.29) is 15.9 Å². The number of para-hydroxylation sites is 1. The highest BCUT2D eigenvalue weighted by Gasteiger charge is 2.32. The second kappa shape index (κ2) is 6.39. The fourth-order valence-corrected chi connectivity index (χ4v) is 2.38. The van der Waals surface area contributed by atoms with Crippen molar-refractivity contribution in [1.29, 1.82) is 0 Å². The lowest BCUT2D eigenvalue weighted by molar-refractivity contribution is 0.0113. The maximum Gasteiger partial charge on any atom is 0.343 e. The van der Waals surface area contributed by atoms with Crippen LogP contribution in [-0.2, 0) is 10.7 Å². The Bertz CT molecular complexity index is 687. The van der Waals surface area contributed by atoms with Crippen molar-refractivity contribution < 1.29 is 23.0 Å². The molecule has 0 unspecified atom stereocenters. The molecule has 116 valence electrons. The quantitative estimate of drug-likeness (QED) is 0.740. The number of carbonyl (C=O) groups is 1. The summed E-state index contributed by atoms with van der Waals surface area (Å²) in [4.78, 5) is 15.6. The lowest BCUT2D eigenvalue weighted by Gasteiger charge is -2.16. The van der Waals surface area contributed by atoms with Crippen LogP contribution in [0.1, 0.15) is 23.0 Å². The van der Waals surface area contributed by atoms with Gasteiger partial charge < -0.3 is 9.47 Å². The summed E-state index contributed by atoms with van der Waals surface area (Å²) in [5.74, 6) is -3.79. The van der Waals surface area contributed by atoms with E-state index in [1.54, 1.807) is 30.3 Å². The molecule has 0 amide bonds. The van der Waals surface area contributed by atoms with E-state index in [1.165, 1.54) is 13.2 Å². The van der Waals surface area contributed by atoms with E-state index < -0.39 is 17.6 Å². The molecule has 2 rings (SSSR count). The lowest BCUT2D eigenvalue weighted by atomic mass is 10.2. The number of benzene rings is 1. The van der Waals surface area contributed by atoms with Gasteiger partial charge in [-0.05, 0) is 34.1 Å². The van der Waals surface area contributed by atoms with E-state index in [2.05, 4.69) is 25.7 Å². The topological polar surface area (TPSA) is 48.4 Å². The number of esters is 1. The highest BCUT2D eigenvalue weighted by Crippen LogP contribution is 2.36. The Labute approximate surface area is 134 Å². The molecule has 0 spiro atoms. The molecule has 4 nitrogen and oxygen atoms in total. The first kappa shape index (κ1) is 16.4. The molecule has 0 atom stereocenters. The summed E-state index contributed by atoms with van der Waals surface area (Å²) in [5.41, 5.74) is -0.572. The Morgan fingerprint density at radius 1 is 1.27 bits per heavy atom. The van der Waals surface area contributed by atoms with Gasteiger partial charge in [0.1, 0.15) is 17.0 Å². The molecule has 0 fully saturated rings. The monoisotopic (exact) mass is 371 g/mol. The van der Waals surface area contributed by atoms with Gasteiger partial charge in [0, 0.05) is 11.4 Å². The molecule has 1 aromatic heterocycles. The number of hydrogen-bond donors (Lipinski definition) is 0. The van der Waals surface area contributed by atoms with Gasteiger partial charge >= 0.3 is 5.97 Å². The van der Waals surface area contributed by atoms with Gasteiger partial charge in [0.05, 0.1) is 7.11 Å². The first-order chi connectivity index (χ1) is 10.3. The minimum Gasteiger partial charge on any atom is -0.465 e. The smallest absolute Gasteiger partial charge is 0.343 e. The Balaban J connectivity index is 2.55. The number of ether oxygens (including phenoxy) is 2. The number of carbonyl (C=O) groups excluding carboxylic acids is 1. The molecular formula is C15H12BrF2NO3. The molecule has 0 aliphatic rings. The molecular weight excluding hydrogens is 360 g/mol. The molecule has 1 heterocycles. The van der Waals surface area contributed by atoms with Crippen LogP contribution in [0.3, 0.4) is 0 Å². The molecule has 0 aliphatic carbocycles. The fraction of sp³-hybridized carbons (Fsp3) is 0.200. The van der Waals surface area contributed by atoms with Crippen molar-refractivity contribution in [3.8, 4) is 11.6 Å². The van der Waals surface area contributed by atoms with E-state index in [0.29, 0.717) is 12.7 Å². The molecule has 0 saturated carbocycles. The Morgan fingerprint density at radius 3 is 2.45 bits per heavy atom. The second-order valence-electron chi connectivity index (χ2n) is 4.47. The van der Waals surface area contributed by atoms with Crippen LogP contribution < -0.4 is 4.74 Å². The van der Waals surface area contributed by atoms with Crippen molar-refractivity contribution in [3.05, 3.63) is 52.1 Å². The predicted molar refractivity (Wildman–Crippen MR) is 79.4 cm³/mol. The van der Waals surface area contributed by atoms with Crippen LogP contribution in [0, 0.1) is 0 Å². The van der Waals surface area contributed by atoms with Crippen LogP contribution in [0.2, 0.25) is 0 Å². The van der Waals surface area contributed by atoms with Gasteiger partial charge in [0.15, 0.2) is 0 Å². The summed E-state index contributed by atoms with van der Waals surface area (Å²) in [6, 6.07) is 9.64. The molecule has 22 heavy (non-hydrogen) atoms. The largest absolute Gasteiger partial charge is 0.465 e.